The van der Waals surface area contributed by atoms with Gasteiger partial charge in [-0.3, -0.25) is 9.97 Å². The largest absolute Gasteiger partial charge is 0.355 e. The summed E-state index contributed by atoms with van der Waals surface area (Å²) in [6.45, 7) is 6.69. The van der Waals surface area contributed by atoms with Crippen molar-refractivity contribution in [1.29, 1.82) is 0 Å². The first-order valence-electron chi connectivity index (χ1n) is 13.5. The number of hydrogen-bond donors (Lipinski definition) is 2. The number of H-pyrrole nitrogens is 1. The molecular formula is C30H32N8. The highest BCUT2D eigenvalue weighted by atomic mass is 15.2. The Bertz CT molecular complexity index is 1640. The van der Waals surface area contributed by atoms with E-state index >= 15 is 0 Å². The summed E-state index contributed by atoms with van der Waals surface area (Å²) < 4.78 is 0. The number of anilines is 1. The Morgan fingerprint density at radius 1 is 1.00 bits per heavy atom. The summed E-state index contributed by atoms with van der Waals surface area (Å²) in [6.07, 6.45) is 12.9. The number of piperidine rings is 1. The molecule has 2 N–H and O–H groups in total. The van der Waals surface area contributed by atoms with Crippen molar-refractivity contribution < 1.29 is 0 Å². The van der Waals surface area contributed by atoms with Crippen LogP contribution in [0.4, 0.5) is 5.82 Å². The second kappa shape index (κ2) is 8.84. The molecule has 2 fully saturated rings. The third-order valence-corrected chi connectivity index (χ3v) is 8.26. The molecule has 0 bridgehead atoms. The van der Waals surface area contributed by atoms with E-state index in [4.69, 9.17) is 9.97 Å². The molecule has 1 atom stereocenters. The van der Waals surface area contributed by atoms with E-state index in [-0.39, 0.29) is 5.41 Å². The predicted molar refractivity (Wildman–Crippen MR) is 151 cm³/mol. The first kappa shape index (κ1) is 23.2. The van der Waals surface area contributed by atoms with Gasteiger partial charge in [-0.1, -0.05) is 13.8 Å². The van der Waals surface area contributed by atoms with E-state index in [2.05, 4.69) is 57.1 Å². The van der Waals surface area contributed by atoms with Crippen LogP contribution in [0.1, 0.15) is 44.6 Å². The maximum Gasteiger partial charge on any atom is 0.163 e. The van der Waals surface area contributed by atoms with Crippen LogP contribution in [-0.4, -0.2) is 56.1 Å². The zero-order valence-electron chi connectivity index (χ0n) is 22.1. The Morgan fingerprint density at radius 3 is 2.68 bits per heavy atom. The number of nitrogens with one attached hydrogen (secondary N) is 2. The molecular weight excluding hydrogens is 472 g/mol. The summed E-state index contributed by atoms with van der Waals surface area (Å²) in [5.41, 5.74) is 6.05. The van der Waals surface area contributed by atoms with Gasteiger partial charge in [0.15, 0.2) is 5.82 Å². The summed E-state index contributed by atoms with van der Waals surface area (Å²) in [7, 11) is 2.21. The molecule has 6 heterocycles. The van der Waals surface area contributed by atoms with Crippen LogP contribution in [0.3, 0.4) is 0 Å². The molecule has 2 aliphatic rings. The first-order chi connectivity index (χ1) is 18.5. The Balaban J connectivity index is 1.43. The van der Waals surface area contributed by atoms with E-state index in [1.54, 1.807) is 6.20 Å². The van der Waals surface area contributed by atoms with E-state index in [0.29, 0.717) is 17.8 Å². The van der Waals surface area contributed by atoms with Gasteiger partial charge in [0.2, 0.25) is 0 Å². The summed E-state index contributed by atoms with van der Waals surface area (Å²) in [5.74, 6) is 2.25. The zero-order chi connectivity index (χ0) is 25.9. The number of hydrogen-bond acceptors (Lipinski definition) is 7. The number of aromatic nitrogens is 6. The highest BCUT2D eigenvalue weighted by molar-refractivity contribution is 5.98. The average Bonchev–Trinajstić information content (AvgIpc) is 3.69. The molecule has 8 nitrogen and oxygen atoms in total. The van der Waals surface area contributed by atoms with Crippen molar-refractivity contribution in [2.45, 2.75) is 45.1 Å². The van der Waals surface area contributed by atoms with Crippen molar-refractivity contribution in [3.8, 4) is 22.6 Å². The third-order valence-electron chi connectivity index (χ3n) is 8.26. The fourth-order valence-electron chi connectivity index (χ4n) is 6.09. The van der Waals surface area contributed by atoms with Crippen molar-refractivity contribution in [2.75, 3.05) is 25.0 Å². The second-order valence-electron chi connectivity index (χ2n) is 11.4. The van der Waals surface area contributed by atoms with Crippen LogP contribution in [0.5, 0.6) is 0 Å². The number of nitrogens with zero attached hydrogens (tertiary/aromatic N) is 6. The molecule has 0 spiro atoms. The SMILES string of the molecule is CN(c1nc(-c2ccnc3[nH]c(-c4cccnc4)cc23)nc2cncc(C3CC3)c12)[C@H]1CCNCC1(C)C. The van der Waals surface area contributed by atoms with Crippen LogP contribution >= 0.6 is 0 Å². The average molecular weight is 505 g/mol. The van der Waals surface area contributed by atoms with Gasteiger partial charge in [0.25, 0.3) is 0 Å². The number of rotatable bonds is 5. The zero-order valence-corrected chi connectivity index (χ0v) is 22.1. The quantitative estimate of drug-likeness (QED) is 0.334. The molecule has 38 heavy (non-hydrogen) atoms. The first-order valence-corrected chi connectivity index (χ1v) is 13.5. The van der Waals surface area contributed by atoms with Gasteiger partial charge in [-0.05, 0) is 67.0 Å². The van der Waals surface area contributed by atoms with E-state index in [1.807, 2.05) is 43.0 Å². The van der Waals surface area contributed by atoms with E-state index in [9.17, 15) is 0 Å². The molecule has 8 heteroatoms. The van der Waals surface area contributed by atoms with Crippen molar-refractivity contribution in [2.24, 2.45) is 5.41 Å². The number of pyridine rings is 3. The van der Waals surface area contributed by atoms with Crippen LogP contribution in [0.2, 0.25) is 0 Å². The Kier molecular flexibility index (Phi) is 5.40. The fourth-order valence-corrected chi connectivity index (χ4v) is 6.09. The topological polar surface area (TPSA) is 95.5 Å². The van der Waals surface area contributed by atoms with Gasteiger partial charge in [0, 0.05) is 72.0 Å². The maximum atomic E-state index is 5.33. The van der Waals surface area contributed by atoms with Crippen molar-refractivity contribution in [3.05, 3.63) is 60.8 Å². The lowest BCUT2D eigenvalue weighted by Crippen LogP contribution is -2.53. The molecule has 192 valence electrons. The summed E-state index contributed by atoms with van der Waals surface area (Å²) in [6, 6.07) is 8.48. The van der Waals surface area contributed by atoms with Gasteiger partial charge in [-0.2, -0.15) is 0 Å². The maximum absolute atomic E-state index is 5.33. The van der Waals surface area contributed by atoms with Crippen molar-refractivity contribution in [1.82, 2.24) is 35.2 Å². The van der Waals surface area contributed by atoms with Crippen LogP contribution in [0.15, 0.2) is 55.2 Å². The summed E-state index contributed by atoms with van der Waals surface area (Å²) in [4.78, 5) is 29.8. The molecule has 5 aromatic heterocycles. The minimum atomic E-state index is 0.112. The highest BCUT2D eigenvalue weighted by Crippen LogP contribution is 2.46. The van der Waals surface area contributed by atoms with Gasteiger partial charge in [0.05, 0.1) is 11.7 Å². The van der Waals surface area contributed by atoms with E-state index in [0.717, 1.165) is 64.1 Å². The van der Waals surface area contributed by atoms with Crippen molar-refractivity contribution >= 4 is 27.8 Å². The van der Waals surface area contributed by atoms with Crippen LogP contribution in [-0.2, 0) is 0 Å². The third kappa shape index (κ3) is 3.91. The van der Waals surface area contributed by atoms with Gasteiger partial charge in [-0.15, -0.1) is 0 Å². The highest BCUT2D eigenvalue weighted by Gasteiger charge is 2.37. The van der Waals surface area contributed by atoms with Crippen LogP contribution in [0, 0.1) is 5.41 Å². The fraction of sp³-hybridized carbons (Fsp3) is 0.367. The molecule has 5 aromatic rings. The number of fused-ring (bicyclic) bond motifs is 2. The van der Waals surface area contributed by atoms with Gasteiger partial charge in [-0.25, -0.2) is 15.0 Å². The standard InChI is InChI=1S/C30H32N8/c1-30(2)17-32-11-9-25(30)38(3)29-26-22(18-6-7-18)15-33-16-24(26)36-28(37-29)20-8-12-34-27-21(20)13-23(35-27)19-5-4-10-31-14-19/h4-5,8,10,12-16,18,25,32H,6-7,9,11,17H2,1-3H3,(H,34,35)/t25-/m0/s1. The Hall–Kier alpha value is -3.91. The van der Waals surface area contributed by atoms with Crippen LogP contribution < -0.4 is 10.2 Å². The predicted octanol–water partition coefficient (Wildman–Crippen LogP) is 5.33. The van der Waals surface area contributed by atoms with Crippen molar-refractivity contribution in [3.63, 3.8) is 0 Å². The Morgan fingerprint density at radius 2 is 1.89 bits per heavy atom. The van der Waals surface area contributed by atoms with E-state index < -0.39 is 0 Å². The summed E-state index contributed by atoms with van der Waals surface area (Å²) in [5, 5.41) is 5.72. The van der Waals surface area contributed by atoms with Gasteiger partial charge < -0.3 is 15.2 Å². The van der Waals surface area contributed by atoms with Crippen LogP contribution in [0.25, 0.3) is 44.6 Å². The molecule has 0 radical (unpaired) electrons. The molecule has 0 aromatic carbocycles. The second-order valence-corrected chi connectivity index (χ2v) is 11.4. The van der Waals surface area contributed by atoms with Gasteiger partial charge in [0.1, 0.15) is 11.5 Å². The molecule has 0 amide bonds. The minimum absolute atomic E-state index is 0.112. The normalized spacial score (nSPS) is 19.2. The van der Waals surface area contributed by atoms with Gasteiger partial charge >= 0.3 is 0 Å². The number of aromatic amines is 1. The lowest BCUT2D eigenvalue weighted by molar-refractivity contribution is 0.215. The molecule has 1 saturated carbocycles. The summed E-state index contributed by atoms with van der Waals surface area (Å²) >= 11 is 0. The molecule has 1 aliphatic carbocycles. The molecule has 1 aliphatic heterocycles. The molecule has 0 unspecified atom stereocenters. The smallest absolute Gasteiger partial charge is 0.163 e. The molecule has 7 rings (SSSR count). The lowest BCUT2D eigenvalue weighted by Gasteiger charge is -2.45. The molecule has 1 saturated heterocycles. The minimum Gasteiger partial charge on any atom is -0.355 e. The lowest BCUT2D eigenvalue weighted by atomic mass is 9.79. The Labute approximate surface area is 222 Å². The monoisotopic (exact) mass is 504 g/mol. The van der Waals surface area contributed by atoms with E-state index in [1.165, 1.54) is 18.4 Å².